The lowest BCUT2D eigenvalue weighted by Crippen LogP contribution is -2.54. The van der Waals surface area contributed by atoms with E-state index in [1.54, 1.807) is 21.9 Å². The predicted octanol–water partition coefficient (Wildman–Crippen LogP) is 7.31. The van der Waals surface area contributed by atoms with Crippen molar-refractivity contribution in [2.75, 3.05) is 42.8 Å². The van der Waals surface area contributed by atoms with E-state index in [1.807, 2.05) is 76.2 Å². The summed E-state index contributed by atoms with van der Waals surface area (Å²) in [5.74, 6) is -1.89. The van der Waals surface area contributed by atoms with E-state index < -0.39 is 36.4 Å². The summed E-state index contributed by atoms with van der Waals surface area (Å²) in [5, 5.41) is 11.3. The van der Waals surface area contributed by atoms with Crippen molar-refractivity contribution in [3.05, 3.63) is 89.7 Å². The molecule has 0 aliphatic carbocycles. The SMILES string of the molecule is CC[C@@H](C)[C@H](NC(=O)OC)C(=O)N1CCC[C@H]1C(=O)Nc1ccc([C@H]2CC[C@H](c3ccc(NC(=O)[C@@H]4CCCN4C(=O)[C@@H](NC(=O)OC)[C@H](C)CC)cc3)N2c2ccc(F)cc2)cc1. The number of amides is 6. The molecular weight excluding hydrogens is 822 g/mol. The molecule has 3 aliphatic rings. The molecule has 6 rings (SSSR count). The van der Waals surface area contributed by atoms with Gasteiger partial charge in [-0.2, -0.15) is 0 Å². The van der Waals surface area contributed by atoms with Crippen molar-refractivity contribution in [2.24, 2.45) is 11.8 Å². The second-order valence-electron chi connectivity index (χ2n) is 17.1. The van der Waals surface area contributed by atoms with Gasteiger partial charge in [0.05, 0.1) is 26.3 Å². The third-order valence-corrected chi connectivity index (χ3v) is 13.2. The Morgan fingerprint density at radius 3 is 1.36 bits per heavy atom. The van der Waals surface area contributed by atoms with Gasteiger partial charge >= 0.3 is 12.2 Å². The molecule has 4 N–H and O–H groups in total. The first-order valence-electron chi connectivity index (χ1n) is 22.4. The number of methoxy groups -OCH3 is 2. The Labute approximate surface area is 374 Å². The fourth-order valence-corrected chi connectivity index (χ4v) is 9.17. The summed E-state index contributed by atoms with van der Waals surface area (Å²) < 4.78 is 23.7. The largest absolute Gasteiger partial charge is 0.453 e. The van der Waals surface area contributed by atoms with Crippen molar-refractivity contribution < 1.29 is 42.6 Å². The molecule has 0 spiro atoms. The van der Waals surface area contributed by atoms with Crippen LogP contribution in [0.3, 0.4) is 0 Å². The third kappa shape index (κ3) is 10.8. The van der Waals surface area contributed by atoms with Gasteiger partial charge in [0.15, 0.2) is 0 Å². The molecule has 344 valence electrons. The van der Waals surface area contributed by atoms with Crippen molar-refractivity contribution in [3.63, 3.8) is 0 Å². The Bertz CT molecular complexity index is 1990. The molecule has 0 radical (unpaired) electrons. The van der Waals surface area contributed by atoms with Gasteiger partial charge < -0.3 is 45.4 Å². The van der Waals surface area contributed by atoms with Crippen LogP contribution in [0.2, 0.25) is 0 Å². The first-order valence-corrected chi connectivity index (χ1v) is 22.4. The average Bonchev–Trinajstić information content (AvgIpc) is 4.11. The zero-order chi connectivity index (χ0) is 46.1. The number of benzene rings is 3. The topological polar surface area (TPSA) is 179 Å². The number of nitrogens with one attached hydrogen (secondary N) is 4. The second-order valence-corrected chi connectivity index (χ2v) is 17.1. The zero-order valence-electron chi connectivity index (χ0n) is 37.6. The lowest BCUT2D eigenvalue weighted by atomic mass is 9.97. The summed E-state index contributed by atoms with van der Waals surface area (Å²) in [6, 6.07) is 18.6. The van der Waals surface area contributed by atoms with E-state index in [9.17, 15) is 33.2 Å². The molecule has 0 saturated carbocycles. The monoisotopic (exact) mass is 883 g/mol. The van der Waals surface area contributed by atoms with Gasteiger partial charge in [0, 0.05) is 30.2 Å². The van der Waals surface area contributed by atoms with Gasteiger partial charge in [0.25, 0.3) is 0 Å². The van der Waals surface area contributed by atoms with Crippen LogP contribution in [0, 0.1) is 17.7 Å². The first-order chi connectivity index (χ1) is 30.8. The lowest BCUT2D eigenvalue weighted by molar-refractivity contribution is -0.139. The van der Waals surface area contributed by atoms with Crippen molar-refractivity contribution in [1.29, 1.82) is 0 Å². The van der Waals surface area contributed by atoms with Gasteiger partial charge in [-0.25, -0.2) is 14.0 Å². The van der Waals surface area contributed by atoms with Crippen LogP contribution in [0.25, 0.3) is 0 Å². The van der Waals surface area contributed by atoms with Crippen LogP contribution in [0.1, 0.15) is 102 Å². The van der Waals surface area contributed by atoms with Gasteiger partial charge in [-0.3, -0.25) is 19.2 Å². The van der Waals surface area contributed by atoms with Crippen molar-refractivity contribution in [3.8, 4) is 0 Å². The number of ether oxygens (including phenoxy) is 2. The Morgan fingerprint density at radius 1 is 0.609 bits per heavy atom. The summed E-state index contributed by atoms with van der Waals surface area (Å²) in [6.07, 6.45) is 3.80. The number of rotatable bonds is 15. The zero-order valence-corrected chi connectivity index (χ0v) is 37.6. The van der Waals surface area contributed by atoms with E-state index in [-0.39, 0.29) is 53.4 Å². The number of carbonyl (C=O) groups excluding carboxylic acids is 6. The number of likely N-dealkylation sites (tertiary alicyclic amines) is 2. The van der Waals surface area contributed by atoms with E-state index in [2.05, 4.69) is 26.2 Å². The predicted molar refractivity (Wildman–Crippen MR) is 241 cm³/mol. The minimum atomic E-state index is -0.817. The highest BCUT2D eigenvalue weighted by molar-refractivity contribution is 5.99. The average molecular weight is 884 g/mol. The van der Waals surface area contributed by atoms with Crippen LogP contribution >= 0.6 is 0 Å². The van der Waals surface area contributed by atoms with Gasteiger partial charge in [-0.05, 0) is 110 Å². The van der Waals surface area contributed by atoms with Crippen LogP contribution in [0.5, 0.6) is 0 Å². The maximum Gasteiger partial charge on any atom is 0.407 e. The van der Waals surface area contributed by atoms with Crippen LogP contribution in [0.4, 0.5) is 31.0 Å². The van der Waals surface area contributed by atoms with E-state index in [0.29, 0.717) is 63.0 Å². The number of nitrogens with zero attached hydrogens (tertiary/aromatic N) is 3. The van der Waals surface area contributed by atoms with Crippen LogP contribution in [-0.4, -0.2) is 97.1 Å². The molecule has 3 fully saturated rings. The fraction of sp³-hybridized carbons (Fsp3) is 0.500. The van der Waals surface area contributed by atoms with Gasteiger partial charge in [0.1, 0.15) is 30.0 Å². The minimum Gasteiger partial charge on any atom is -0.453 e. The standard InChI is InChI=1S/C48H62FN7O8/c1-7-29(3)41(52-47(61)63-5)45(59)54-27-9-11-39(54)43(57)50-34-19-13-31(14-20-34)37-25-26-38(56(37)36-23-17-33(49)18-24-36)32-15-21-35(22-16-32)51-44(58)40-12-10-28-55(40)46(60)42(30(4)8-2)53-48(62)64-6/h13-24,29-30,37-42H,7-12,25-28H2,1-6H3,(H,50,57)(H,51,58)(H,52,61)(H,53,62)/t29-,30-,37-,38-,39+,40+,41+,42+/m1/s1. The summed E-state index contributed by atoms with van der Waals surface area (Å²) in [6.45, 7) is 8.44. The van der Waals surface area contributed by atoms with Gasteiger partial charge in [-0.15, -0.1) is 0 Å². The maximum atomic E-state index is 14.2. The number of halogens is 1. The highest BCUT2D eigenvalue weighted by Gasteiger charge is 2.41. The maximum absolute atomic E-state index is 14.2. The smallest absolute Gasteiger partial charge is 0.407 e. The quantitative estimate of drug-likeness (QED) is 0.122. The number of alkyl carbamates (subject to hydrolysis) is 2. The van der Waals surface area contributed by atoms with Crippen molar-refractivity contribution in [2.45, 2.75) is 115 Å². The Morgan fingerprint density at radius 2 is 1.00 bits per heavy atom. The Balaban J connectivity index is 1.14. The molecule has 6 amide bonds. The molecule has 64 heavy (non-hydrogen) atoms. The summed E-state index contributed by atoms with van der Waals surface area (Å²) in [4.78, 5) is 84.2. The molecule has 3 aromatic carbocycles. The number of hydrogen-bond donors (Lipinski definition) is 4. The highest BCUT2D eigenvalue weighted by atomic mass is 19.1. The Kier molecular flexibility index (Phi) is 15.9. The molecule has 16 heteroatoms. The minimum absolute atomic E-state index is 0.0823. The molecule has 0 unspecified atom stereocenters. The van der Waals surface area contributed by atoms with Gasteiger partial charge in [-0.1, -0.05) is 64.8 Å². The number of anilines is 3. The first kappa shape index (κ1) is 47.3. The van der Waals surface area contributed by atoms with E-state index in [4.69, 9.17) is 9.47 Å². The second kappa shape index (κ2) is 21.5. The molecule has 0 bridgehead atoms. The molecule has 8 atom stereocenters. The molecule has 3 aromatic rings. The molecular formula is C48H62FN7O8. The highest BCUT2D eigenvalue weighted by Crippen LogP contribution is 2.47. The number of carbonyl (C=O) groups is 6. The molecule has 3 aliphatic heterocycles. The van der Waals surface area contributed by atoms with Crippen molar-refractivity contribution in [1.82, 2.24) is 20.4 Å². The van der Waals surface area contributed by atoms with Crippen LogP contribution in [-0.2, 0) is 28.7 Å². The molecule has 0 aromatic heterocycles. The van der Waals surface area contributed by atoms with Crippen LogP contribution in [0.15, 0.2) is 72.8 Å². The fourth-order valence-electron chi connectivity index (χ4n) is 9.17. The summed E-state index contributed by atoms with van der Waals surface area (Å²) >= 11 is 0. The summed E-state index contributed by atoms with van der Waals surface area (Å²) in [5.41, 5.74) is 4.01. The van der Waals surface area contributed by atoms with E-state index >= 15 is 0 Å². The molecule has 3 heterocycles. The van der Waals surface area contributed by atoms with E-state index in [0.717, 1.165) is 29.7 Å². The van der Waals surface area contributed by atoms with E-state index in [1.165, 1.54) is 26.4 Å². The third-order valence-electron chi connectivity index (χ3n) is 13.2. The Hall–Kier alpha value is -6.19. The van der Waals surface area contributed by atoms with Crippen LogP contribution < -0.4 is 26.2 Å². The number of hydrogen-bond acceptors (Lipinski definition) is 9. The molecule has 15 nitrogen and oxygen atoms in total. The summed E-state index contributed by atoms with van der Waals surface area (Å²) in [7, 11) is 2.49. The normalized spacial score (nSPS) is 21.3. The molecule has 3 saturated heterocycles. The van der Waals surface area contributed by atoms with Gasteiger partial charge in [0.2, 0.25) is 23.6 Å². The lowest BCUT2D eigenvalue weighted by Gasteiger charge is -2.33. The van der Waals surface area contributed by atoms with Crippen molar-refractivity contribution >= 4 is 52.9 Å².